The molecule has 2 rings (SSSR count). The lowest BCUT2D eigenvalue weighted by Crippen LogP contribution is -2.30. The number of pyridine rings is 1. The van der Waals surface area contributed by atoms with Gasteiger partial charge in [-0.15, -0.1) is 0 Å². The van der Waals surface area contributed by atoms with Crippen molar-refractivity contribution in [3.63, 3.8) is 0 Å². The van der Waals surface area contributed by atoms with Crippen molar-refractivity contribution in [2.24, 2.45) is 0 Å². The molecule has 0 unspecified atom stereocenters. The summed E-state index contributed by atoms with van der Waals surface area (Å²) in [6, 6.07) is 3.58. The molecule has 0 aromatic carbocycles. The van der Waals surface area contributed by atoms with Gasteiger partial charge in [0.2, 0.25) is 0 Å². The highest BCUT2D eigenvalue weighted by Crippen LogP contribution is 2.03. The highest BCUT2D eigenvalue weighted by Gasteiger charge is 2.09. The molecular weight excluding hydrogens is 142 g/mol. The summed E-state index contributed by atoms with van der Waals surface area (Å²) in [6.07, 6.45) is 1.56. The maximum atomic E-state index is 9.23. The highest BCUT2D eigenvalue weighted by molar-refractivity contribution is 5.66. The van der Waals surface area contributed by atoms with Gasteiger partial charge in [0.25, 0.3) is 0 Å². The van der Waals surface area contributed by atoms with Crippen molar-refractivity contribution in [1.82, 2.24) is 9.97 Å². The lowest BCUT2D eigenvalue weighted by Gasteiger charge is -1.85. The Balaban J connectivity index is 2.90. The summed E-state index contributed by atoms with van der Waals surface area (Å²) >= 11 is 0. The Hall–Kier alpha value is -1.58. The zero-order valence-electron chi connectivity index (χ0n) is 6.07. The van der Waals surface area contributed by atoms with Crippen LogP contribution in [0.15, 0.2) is 18.3 Å². The van der Waals surface area contributed by atoms with Gasteiger partial charge < -0.3 is 5.21 Å². The molecule has 0 saturated heterocycles. The van der Waals surface area contributed by atoms with Gasteiger partial charge in [0.1, 0.15) is 6.20 Å². The third-order valence-electron chi connectivity index (χ3n) is 1.54. The second-order valence-corrected chi connectivity index (χ2v) is 2.41. The van der Waals surface area contributed by atoms with Gasteiger partial charge in [0.05, 0.1) is 0 Å². The summed E-state index contributed by atoms with van der Waals surface area (Å²) in [5.74, 6) is 0.800. The first-order valence-corrected chi connectivity index (χ1v) is 3.33. The Labute approximate surface area is 63.1 Å². The van der Waals surface area contributed by atoms with E-state index in [2.05, 4.69) is 9.97 Å². The van der Waals surface area contributed by atoms with Gasteiger partial charge in [-0.1, -0.05) is 0 Å². The molecule has 0 aliphatic rings. The van der Waals surface area contributed by atoms with Crippen LogP contribution in [0.1, 0.15) is 5.82 Å². The van der Waals surface area contributed by atoms with Crippen LogP contribution in [0.3, 0.4) is 0 Å². The number of rotatable bonds is 0. The molecule has 0 spiro atoms. The average molecular weight is 150 g/mol. The number of imidazole rings is 1. The predicted octanol–water partition coefficient (Wildman–Crippen LogP) is 0.396. The zero-order valence-corrected chi connectivity index (χ0v) is 6.07. The lowest BCUT2D eigenvalue weighted by atomic mass is 10.4. The Morgan fingerprint density at radius 2 is 2.45 bits per heavy atom. The Morgan fingerprint density at radius 3 is 3.18 bits per heavy atom. The average Bonchev–Trinajstić information content (AvgIpc) is 2.31. The van der Waals surface area contributed by atoms with Crippen LogP contribution in [-0.4, -0.2) is 15.2 Å². The van der Waals surface area contributed by atoms with E-state index in [1.54, 1.807) is 12.3 Å². The molecule has 2 aromatic rings. The first kappa shape index (κ1) is 6.15. The van der Waals surface area contributed by atoms with Crippen LogP contribution < -0.4 is 4.73 Å². The molecule has 4 nitrogen and oxygen atoms in total. The summed E-state index contributed by atoms with van der Waals surface area (Å²) in [5.41, 5.74) is 1.40. The van der Waals surface area contributed by atoms with E-state index in [0.29, 0.717) is 5.65 Å². The van der Waals surface area contributed by atoms with Gasteiger partial charge in [-0.05, 0) is 16.9 Å². The molecule has 0 aliphatic carbocycles. The van der Waals surface area contributed by atoms with Crippen molar-refractivity contribution in [2.45, 2.75) is 6.92 Å². The van der Waals surface area contributed by atoms with Crippen molar-refractivity contribution in [2.75, 3.05) is 0 Å². The molecule has 0 aliphatic heterocycles. The summed E-state index contributed by atoms with van der Waals surface area (Å²) in [5, 5.41) is 9.23. The number of aromatic nitrogens is 3. The van der Waals surface area contributed by atoms with Crippen LogP contribution >= 0.6 is 0 Å². The molecule has 0 atom stereocenters. The first-order chi connectivity index (χ1) is 5.27. The minimum absolute atomic E-state index is 0.630. The smallest absolute Gasteiger partial charge is 0.345 e. The van der Waals surface area contributed by atoms with Crippen LogP contribution in [0.2, 0.25) is 0 Å². The summed E-state index contributed by atoms with van der Waals surface area (Å²) < 4.78 is 1.02. The molecule has 0 saturated carbocycles. The monoisotopic (exact) mass is 150 g/mol. The molecule has 0 radical (unpaired) electrons. The van der Waals surface area contributed by atoms with E-state index < -0.39 is 0 Å². The Bertz CT molecular complexity index is 393. The largest absolute Gasteiger partial charge is 0.350 e. The zero-order chi connectivity index (χ0) is 7.84. The van der Waals surface area contributed by atoms with E-state index in [4.69, 9.17) is 0 Å². The fourth-order valence-corrected chi connectivity index (χ4v) is 1.08. The number of H-pyrrole nitrogens is 1. The van der Waals surface area contributed by atoms with E-state index in [1.807, 2.05) is 13.0 Å². The van der Waals surface area contributed by atoms with Crippen LogP contribution in [0.4, 0.5) is 0 Å². The summed E-state index contributed by atoms with van der Waals surface area (Å²) in [6.45, 7) is 1.85. The first-order valence-electron chi connectivity index (χ1n) is 3.33. The fourth-order valence-electron chi connectivity index (χ4n) is 1.08. The minimum atomic E-state index is 0.630. The van der Waals surface area contributed by atoms with Gasteiger partial charge >= 0.3 is 5.65 Å². The number of hydrogen-bond donors (Lipinski definition) is 2. The topological polar surface area (TPSA) is 52.8 Å². The summed E-state index contributed by atoms with van der Waals surface area (Å²) in [4.78, 5) is 7.07. The third kappa shape index (κ3) is 0.832. The fraction of sp³-hybridized carbons (Fsp3) is 0.143. The number of hydrogen-bond acceptors (Lipinski definition) is 2. The Morgan fingerprint density at radius 1 is 1.64 bits per heavy atom. The van der Waals surface area contributed by atoms with E-state index in [1.165, 1.54) is 0 Å². The molecular formula is C7H8N3O+. The van der Waals surface area contributed by atoms with Gasteiger partial charge in [-0.25, -0.2) is 9.97 Å². The number of nitrogens with one attached hydrogen (secondary N) is 1. The molecule has 4 heteroatoms. The van der Waals surface area contributed by atoms with Gasteiger partial charge in [0, 0.05) is 6.92 Å². The molecule has 0 bridgehead atoms. The number of aryl methyl sites for hydroxylation is 1. The van der Waals surface area contributed by atoms with Crippen LogP contribution in [0.5, 0.6) is 0 Å². The van der Waals surface area contributed by atoms with E-state index in [-0.39, 0.29) is 0 Å². The van der Waals surface area contributed by atoms with Gasteiger partial charge in [-0.3, -0.25) is 0 Å². The van der Waals surface area contributed by atoms with E-state index in [9.17, 15) is 5.21 Å². The maximum Gasteiger partial charge on any atom is 0.345 e. The molecule has 2 aromatic heterocycles. The number of aromatic amines is 1. The second kappa shape index (κ2) is 1.95. The molecule has 56 valence electrons. The lowest BCUT2D eigenvalue weighted by molar-refractivity contribution is -0.885. The molecule has 2 heterocycles. The standard InChI is InChI=1S/C7H7N3O/c1-5-8-6-3-2-4-10(11)7(6)9-5/h2-4,11H,1H3/p+1. The quantitative estimate of drug-likeness (QED) is 0.422. The molecule has 2 N–H and O–H groups in total. The second-order valence-electron chi connectivity index (χ2n) is 2.41. The van der Waals surface area contributed by atoms with Crippen molar-refractivity contribution >= 4 is 11.2 Å². The number of fused-ring (bicyclic) bond motifs is 1. The van der Waals surface area contributed by atoms with Gasteiger partial charge in [0.15, 0.2) is 11.3 Å². The van der Waals surface area contributed by atoms with Crippen molar-refractivity contribution in [1.29, 1.82) is 0 Å². The normalized spacial score (nSPS) is 10.6. The maximum absolute atomic E-state index is 9.23. The van der Waals surface area contributed by atoms with Crippen LogP contribution in [0, 0.1) is 6.92 Å². The van der Waals surface area contributed by atoms with E-state index in [0.717, 1.165) is 16.1 Å². The SMILES string of the molecule is Cc1nc2ccc[n+](O)c2[nH]1. The van der Waals surface area contributed by atoms with Crippen LogP contribution in [0.25, 0.3) is 11.2 Å². The van der Waals surface area contributed by atoms with Crippen molar-refractivity contribution < 1.29 is 9.94 Å². The third-order valence-corrected chi connectivity index (χ3v) is 1.54. The molecule has 11 heavy (non-hydrogen) atoms. The predicted molar refractivity (Wildman–Crippen MR) is 38.2 cm³/mol. The van der Waals surface area contributed by atoms with E-state index >= 15 is 0 Å². The highest BCUT2D eigenvalue weighted by atomic mass is 16.5. The van der Waals surface area contributed by atoms with Gasteiger partial charge in [-0.2, -0.15) is 0 Å². The van der Waals surface area contributed by atoms with Crippen LogP contribution in [-0.2, 0) is 0 Å². The molecule has 0 amide bonds. The Kier molecular flexibility index (Phi) is 1.09. The van der Waals surface area contributed by atoms with Crippen molar-refractivity contribution in [3.8, 4) is 0 Å². The van der Waals surface area contributed by atoms with Crippen molar-refractivity contribution in [3.05, 3.63) is 24.2 Å². The summed E-state index contributed by atoms with van der Waals surface area (Å²) in [7, 11) is 0. The molecule has 0 fully saturated rings. The minimum Gasteiger partial charge on any atom is -0.350 e. The number of nitrogens with zero attached hydrogens (tertiary/aromatic N) is 2.